The first-order chi connectivity index (χ1) is 19.2. The molecule has 4 aliphatic rings. The molecule has 0 aromatic carbocycles. The lowest BCUT2D eigenvalue weighted by atomic mass is 9.62. The molecule has 1 aromatic heterocycles. The Hall–Kier alpha value is -2.06. The van der Waals surface area contributed by atoms with Gasteiger partial charge in [0.05, 0.1) is 17.0 Å². The molecule has 2 amide bonds. The highest BCUT2D eigenvalue weighted by atomic mass is 16.5. The van der Waals surface area contributed by atoms with Gasteiger partial charge in [-0.15, -0.1) is 0 Å². The summed E-state index contributed by atoms with van der Waals surface area (Å²) in [7, 11) is 0. The van der Waals surface area contributed by atoms with Gasteiger partial charge in [0.2, 0.25) is 5.91 Å². The van der Waals surface area contributed by atoms with Crippen molar-refractivity contribution in [2.75, 3.05) is 52.5 Å². The number of ether oxygens (including phenoxy) is 1. The highest BCUT2D eigenvalue weighted by Crippen LogP contribution is 2.49. The minimum absolute atomic E-state index is 0.0695. The van der Waals surface area contributed by atoms with Gasteiger partial charge in [0, 0.05) is 51.4 Å². The van der Waals surface area contributed by atoms with E-state index in [0.29, 0.717) is 23.3 Å². The van der Waals surface area contributed by atoms with E-state index in [1.54, 1.807) is 0 Å². The molecule has 4 fully saturated rings. The van der Waals surface area contributed by atoms with Crippen molar-refractivity contribution < 1.29 is 14.3 Å². The molecule has 8 heteroatoms. The van der Waals surface area contributed by atoms with Crippen molar-refractivity contribution in [1.82, 2.24) is 24.7 Å². The van der Waals surface area contributed by atoms with Crippen molar-refractivity contribution in [2.24, 2.45) is 17.3 Å². The lowest BCUT2D eigenvalue weighted by Crippen LogP contribution is -2.60. The molecule has 222 valence electrons. The molecule has 40 heavy (non-hydrogen) atoms. The van der Waals surface area contributed by atoms with Crippen LogP contribution in [0.4, 0.5) is 0 Å². The van der Waals surface area contributed by atoms with Crippen LogP contribution in [0.3, 0.4) is 0 Å². The summed E-state index contributed by atoms with van der Waals surface area (Å²) in [5.74, 6) is 1.67. The van der Waals surface area contributed by atoms with E-state index < -0.39 is 0 Å². The van der Waals surface area contributed by atoms with Crippen LogP contribution in [0.5, 0.6) is 0 Å². The summed E-state index contributed by atoms with van der Waals surface area (Å²) in [6, 6.07) is 0. The number of aryl methyl sites for hydroxylation is 2. The zero-order chi connectivity index (χ0) is 28.3. The smallest absolute Gasteiger partial charge is 0.257 e. The molecular formula is C32H51N5O3. The fourth-order valence-corrected chi connectivity index (χ4v) is 8.03. The van der Waals surface area contributed by atoms with Crippen LogP contribution in [-0.2, 0) is 9.53 Å². The van der Waals surface area contributed by atoms with Gasteiger partial charge in [-0.05, 0) is 96.1 Å². The molecule has 0 bridgehead atoms. The molecule has 0 radical (unpaired) electrons. The van der Waals surface area contributed by atoms with E-state index in [1.807, 2.05) is 18.7 Å². The van der Waals surface area contributed by atoms with E-state index in [9.17, 15) is 9.59 Å². The van der Waals surface area contributed by atoms with E-state index in [2.05, 4.69) is 33.6 Å². The third-order valence-corrected chi connectivity index (χ3v) is 11.0. The summed E-state index contributed by atoms with van der Waals surface area (Å²) in [6.07, 6.45) is 12.4. The molecule has 5 heterocycles. The second-order valence-electron chi connectivity index (χ2n) is 13.4. The number of carbonyl (C=O) groups is 2. The molecule has 8 nitrogen and oxygen atoms in total. The van der Waals surface area contributed by atoms with Crippen LogP contribution in [0.1, 0.15) is 99.8 Å². The summed E-state index contributed by atoms with van der Waals surface area (Å²) >= 11 is 0. The Morgan fingerprint density at radius 2 is 1.68 bits per heavy atom. The largest absolute Gasteiger partial charge is 0.381 e. The first-order valence-electron chi connectivity index (χ1n) is 15.9. The quantitative estimate of drug-likeness (QED) is 0.490. The zero-order valence-electron chi connectivity index (χ0n) is 25.4. The maximum atomic E-state index is 13.5. The van der Waals surface area contributed by atoms with Crippen molar-refractivity contribution in [3.8, 4) is 0 Å². The number of aromatic nitrogens is 2. The second kappa shape index (κ2) is 12.4. The van der Waals surface area contributed by atoms with Gasteiger partial charge < -0.3 is 14.5 Å². The van der Waals surface area contributed by atoms with Crippen molar-refractivity contribution >= 4 is 11.8 Å². The lowest BCUT2D eigenvalue weighted by molar-refractivity contribution is -0.148. The number of rotatable bonds is 7. The summed E-state index contributed by atoms with van der Waals surface area (Å²) in [5, 5.41) is 0. The van der Waals surface area contributed by atoms with Gasteiger partial charge in [-0.25, -0.2) is 9.97 Å². The third-order valence-electron chi connectivity index (χ3n) is 11.0. The normalized spacial score (nSPS) is 25.9. The van der Waals surface area contributed by atoms with Crippen LogP contribution in [0.15, 0.2) is 6.33 Å². The van der Waals surface area contributed by atoms with E-state index in [0.717, 1.165) is 109 Å². The van der Waals surface area contributed by atoms with Crippen LogP contribution >= 0.6 is 0 Å². The second-order valence-corrected chi connectivity index (χ2v) is 13.4. The van der Waals surface area contributed by atoms with Crippen LogP contribution in [0, 0.1) is 31.1 Å². The SMILES string of the molecule is CCCCC1CN(CC2CCOCC2)C(=O)CC12CCN(C1(C)CCN(C(=O)c3c(C)ncnc3C)CC1)CC2. The average Bonchev–Trinajstić information content (AvgIpc) is 2.95. The van der Waals surface area contributed by atoms with Gasteiger partial charge in [0.1, 0.15) is 6.33 Å². The number of likely N-dealkylation sites (tertiary alicyclic amines) is 3. The Balaban J connectivity index is 1.19. The Labute approximate surface area is 241 Å². The molecule has 0 saturated carbocycles. The monoisotopic (exact) mass is 553 g/mol. The van der Waals surface area contributed by atoms with Gasteiger partial charge in [-0.1, -0.05) is 19.8 Å². The van der Waals surface area contributed by atoms with Crippen LogP contribution in [0.2, 0.25) is 0 Å². The molecular weight excluding hydrogens is 502 g/mol. The Kier molecular flexibility index (Phi) is 9.15. The maximum absolute atomic E-state index is 13.5. The van der Waals surface area contributed by atoms with Crippen LogP contribution < -0.4 is 0 Å². The van der Waals surface area contributed by atoms with E-state index in [4.69, 9.17) is 4.74 Å². The first kappa shape index (κ1) is 29.4. The van der Waals surface area contributed by atoms with Gasteiger partial charge in [0.25, 0.3) is 5.91 Å². The fraction of sp³-hybridized carbons (Fsp3) is 0.812. The standard InChI is InChI=1S/C32H51N5O3/c1-5-6-7-27-22-36(21-26-8-18-40-19-9-26)28(38)20-32(27)12-16-37(17-13-32)31(4)10-14-35(15-11-31)30(39)29-24(2)33-23-34-25(29)3/h23,26-27H,5-22H2,1-4H3. The number of carbonyl (C=O) groups excluding carboxylic acids is 2. The molecule has 1 aromatic rings. The minimum Gasteiger partial charge on any atom is -0.381 e. The predicted molar refractivity (Wildman–Crippen MR) is 156 cm³/mol. The Morgan fingerprint density at radius 1 is 1.02 bits per heavy atom. The molecule has 1 unspecified atom stereocenters. The molecule has 1 atom stereocenters. The summed E-state index contributed by atoms with van der Waals surface area (Å²) in [5.41, 5.74) is 2.44. The summed E-state index contributed by atoms with van der Waals surface area (Å²) < 4.78 is 5.56. The molecule has 4 saturated heterocycles. The maximum Gasteiger partial charge on any atom is 0.257 e. The zero-order valence-corrected chi connectivity index (χ0v) is 25.4. The molecule has 0 N–H and O–H groups in total. The molecule has 5 rings (SSSR count). The molecule has 0 aliphatic carbocycles. The number of piperidine rings is 3. The number of hydrogen-bond acceptors (Lipinski definition) is 6. The van der Waals surface area contributed by atoms with E-state index >= 15 is 0 Å². The van der Waals surface area contributed by atoms with E-state index in [-0.39, 0.29) is 16.9 Å². The lowest BCUT2D eigenvalue weighted by Gasteiger charge is -2.56. The number of hydrogen-bond donors (Lipinski definition) is 0. The Morgan fingerprint density at radius 3 is 2.30 bits per heavy atom. The minimum atomic E-state index is 0.0695. The predicted octanol–water partition coefficient (Wildman–Crippen LogP) is 4.64. The summed E-state index contributed by atoms with van der Waals surface area (Å²) in [4.78, 5) is 42.3. The van der Waals surface area contributed by atoms with Crippen molar-refractivity contribution in [2.45, 2.75) is 97.4 Å². The topological polar surface area (TPSA) is 78.9 Å². The Bertz CT molecular complexity index is 1020. The van der Waals surface area contributed by atoms with Gasteiger partial charge >= 0.3 is 0 Å². The van der Waals surface area contributed by atoms with Gasteiger partial charge in [-0.2, -0.15) is 0 Å². The first-order valence-corrected chi connectivity index (χ1v) is 15.9. The number of amides is 2. The molecule has 1 spiro atoms. The van der Waals surface area contributed by atoms with Crippen molar-refractivity contribution in [3.63, 3.8) is 0 Å². The van der Waals surface area contributed by atoms with Crippen LogP contribution in [0.25, 0.3) is 0 Å². The average molecular weight is 554 g/mol. The fourth-order valence-electron chi connectivity index (χ4n) is 8.03. The molecule has 4 aliphatic heterocycles. The van der Waals surface area contributed by atoms with E-state index in [1.165, 1.54) is 25.6 Å². The summed E-state index contributed by atoms with van der Waals surface area (Å²) in [6.45, 7) is 15.7. The van der Waals surface area contributed by atoms with Crippen LogP contribution in [-0.4, -0.2) is 94.5 Å². The van der Waals surface area contributed by atoms with Gasteiger partial charge in [0.15, 0.2) is 0 Å². The number of unbranched alkanes of at least 4 members (excludes halogenated alkanes) is 1. The highest BCUT2D eigenvalue weighted by Gasteiger charge is 2.50. The van der Waals surface area contributed by atoms with Crippen molar-refractivity contribution in [1.29, 1.82) is 0 Å². The third kappa shape index (κ3) is 6.08. The highest BCUT2D eigenvalue weighted by molar-refractivity contribution is 5.96. The number of nitrogens with zero attached hydrogens (tertiary/aromatic N) is 5. The van der Waals surface area contributed by atoms with Gasteiger partial charge in [-0.3, -0.25) is 14.5 Å². The van der Waals surface area contributed by atoms with Crippen molar-refractivity contribution in [3.05, 3.63) is 23.3 Å².